The van der Waals surface area contributed by atoms with Crippen molar-refractivity contribution in [1.29, 1.82) is 0 Å². The van der Waals surface area contributed by atoms with Crippen molar-refractivity contribution in [3.63, 3.8) is 0 Å². The van der Waals surface area contributed by atoms with E-state index >= 15 is 0 Å². The minimum absolute atomic E-state index is 0.0485. The van der Waals surface area contributed by atoms with E-state index in [2.05, 4.69) is 39.8 Å². The maximum absolute atomic E-state index is 5.93. The number of rotatable bonds is 4. The first-order valence-electron chi connectivity index (χ1n) is 6.90. The Bertz CT molecular complexity index is 579. The maximum atomic E-state index is 5.93. The van der Waals surface area contributed by atoms with Gasteiger partial charge in [0.05, 0.1) is 6.26 Å². The molecule has 0 atom stereocenters. The molecular weight excluding hydrogens is 250 g/mol. The van der Waals surface area contributed by atoms with E-state index in [0.717, 1.165) is 17.1 Å². The average molecular weight is 273 g/mol. The predicted octanol–water partition coefficient (Wildman–Crippen LogP) is 3.92. The Balaban J connectivity index is 2.17. The highest BCUT2D eigenvalue weighted by Gasteiger charge is 2.19. The molecule has 2 rings (SSSR count). The zero-order valence-electron chi connectivity index (χ0n) is 12.7. The van der Waals surface area contributed by atoms with Crippen LogP contribution in [0.4, 0.5) is 0 Å². The molecule has 1 aromatic carbocycles. The lowest BCUT2D eigenvalue weighted by molar-refractivity contribution is 0.264. The minimum atomic E-state index is 0.0485. The number of benzene rings is 1. The van der Waals surface area contributed by atoms with Gasteiger partial charge in [0.2, 0.25) is 0 Å². The average Bonchev–Trinajstić information content (AvgIpc) is 2.84. The van der Waals surface area contributed by atoms with Gasteiger partial charge in [0, 0.05) is 12.1 Å². The second kappa shape index (κ2) is 5.71. The first kappa shape index (κ1) is 14.7. The third-order valence-electron chi connectivity index (χ3n) is 3.26. The van der Waals surface area contributed by atoms with Crippen LogP contribution in [0.1, 0.15) is 43.2 Å². The standard InChI is InChI=1S/C17H23NO2/c1-12-5-6-16(15(7-12)17(2,3)4)20-11-14-8-13(9-18)10-19-14/h5-8,10H,9,11,18H2,1-4H3. The van der Waals surface area contributed by atoms with E-state index in [1.807, 2.05) is 12.1 Å². The van der Waals surface area contributed by atoms with Crippen molar-refractivity contribution >= 4 is 0 Å². The summed E-state index contributed by atoms with van der Waals surface area (Å²) in [6, 6.07) is 8.22. The van der Waals surface area contributed by atoms with Crippen molar-refractivity contribution in [2.45, 2.75) is 46.3 Å². The molecule has 2 N–H and O–H groups in total. The second-order valence-electron chi connectivity index (χ2n) is 6.16. The van der Waals surface area contributed by atoms with Crippen molar-refractivity contribution in [3.8, 4) is 5.75 Å². The number of ether oxygens (including phenoxy) is 1. The molecule has 0 spiro atoms. The Labute approximate surface area is 120 Å². The number of furan rings is 1. The van der Waals surface area contributed by atoms with Gasteiger partial charge in [-0.3, -0.25) is 0 Å². The highest BCUT2D eigenvalue weighted by atomic mass is 16.5. The summed E-state index contributed by atoms with van der Waals surface area (Å²) in [5.41, 5.74) is 9.06. The van der Waals surface area contributed by atoms with Crippen molar-refractivity contribution in [1.82, 2.24) is 0 Å². The summed E-state index contributed by atoms with van der Waals surface area (Å²) < 4.78 is 11.3. The van der Waals surface area contributed by atoms with E-state index in [0.29, 0.717) is 13.2 Å². The lowest BCUT2D eigenvalue weighted by Crippen LogP contribution is -2.13. The van der Waals surface area contributed by atoms with Crippen molar-refractivity contribution in [2.24, 2.45) is 5.73 Å². The summed E-state index contributed by atoms with van der Waals surface area (Å²) in [6.45, 7) is 9.57. The fourth-order valence-electron chi connectivity index (χ4n) is 2.11. The van der Waals surface area contributed by atoms with Gasteiger partial charge in [-0.2, -0.15) is 0 Å². The third kappa shape index (κ3) is 3.42. The van der Waals surface area contributed by atoms with Crippen LogP contribution in [0.3, 0.4) is 0 Å². The highest BCUT2D eigenvalue weighted by Crippen LogP contribution is 2.32. The Morgan fingerprint density at radius 2 is 1.95 bits per heavy atom. The largest absolute Gasteiger partial charge is 0.485 e. The molecule has 0 fully saturated rings. The summed E-state index contributed by atoms with van der Waals surface area (Å²) in [5.74, 6) is 1.71. The number of aryl methyl sites for hydroxylation is 1. The van der Waals surface area contributed by atoms with E-state index in [1.165, 1.54) is 11.1 Å². The van der Waals surface area contributed by atoms with Crippen LogP contribution in [-0.4, -0.2) is 0 Å². The van der Waals surface area contributed by atoms with Gasteiger partial charge in [0.1, 0.15) is 18.1 Å². The van der Waals surface area contributed by atoms with Gasteiger partial charge in [-0.1, -0.05) is 38.5 Å². The third-order valence-corrected chi connectivity index (χ3v) is 3.26. The van der Waals surface area contributed by atoms with Gasteiger partial charge in [0.15, 0.2) is 0 Å². The van der Waals surface area contributed by atoms with Gasteiger partial charge in [0.25, 0.3) is 0 Å². The van der Waals surface area contributed by atoms with E-state index in [1.54, 1.807) is 6.26 Å². The lowest BCUT2D eigenvalue weighted by atomic mass is 9.85. The summed E-state index contributed by atoms with van der Waals surface area (Å²) in [6.07, 6.45) is 1.68. The normalized spacial score (nSPS) is 11.7. The minimum Gasteiger partial charge on any atom is -0.485 e. The maximum Gasteiger partial charge on any atom is 0.146 e. The van der Waals surface area contributed by atoms with Crippen LogP contribution in [0.2, 0.25) is 0 Å². The zero-order valence-corrected chi connectivity index (χ0v) is 12.7. The fourth-order valence-corrected chi connectivity index (χ4v) is 2.11. The quantitative estimate of drug-likeness (QED) is 0.918. The SMILES string of the molecule is Cc1ccc(OCc2cc(CN)co2)c(C(C)(C)C)c1. The second-order valence-corrected chi connectivity index (χ2v) is 6.16. The van der Waals surface area contributed by atoms with E-state index in [9.17, 15) is 0 Å². The first-order chi connectivity index (χ1) is 9.40. The van der Waals surface area contributed by atoms with Gasteiger partial charge >= 0.3 is 0 Å². The molecule has 1 aromatic heterocycles. The fraction of sp³-hybridized carbons (Fsp3) is 0.412. The Hall–Kier alpha value is -1.74. The van der Waals surface area contributed by atoms with Crippen LogP contribution in [-0.2, 0) is 18.6 Å². The number of hydrogen-bond acceptors (Lipinski definition) is 3. The molecule has 0 bridgehead atoms. The molecule has 1 heterocycles. The number of hydrogen-bond donors (Lipinski definition) is 1. The van der Waals surface area contributed by atoms with Crippen molar-refractivity contribution in [3.05, 3.63) is 53.0 Å². The predicted molar refractivity (Wildman–Crippen MR) is 80.8 cm³/mol. The molecule has 0 amide bonds. The summed E-state index contributed by atoms with van der Waals surface area (Å²) in [4.78, 5) is 0. The van der Waals surface area contributed by atoms with E-state index in [-0.39, 0.29) is 5.41 Å². The molecule has 0 saturated heterocycles. The molecule has 3 nitrogen and oxygen atoms in total. The van der Waals surface area contributed by atoms with Crippen LogP contribution in [0.5, 0.6) is 5.75 Å². The Morgan fingerprint density at radius 1 is 1.20 bits per heavy atom. The molecular formula is C17H23NO2. The summed E-state index contributed by atoms with van der Waals surface area (Å²) in [5, 5.41) is 0. The molecule has 0 aliphatic heterocycles. The van der Waals surface area contributed by atoms with Crippen LogP contribution in [0.25, 0.3) is 0 Å². The van der Waals surface area contributed by atoms with E-state index < -0.39 is 0 Å². The molecule has 2 aromatic rings. The molecule has 0 saturated carbocycles. The highest BCUT2D eigenvalue weighted by molar-refractivity contribution is 5.41. The topological polar surface area (TPSA) is 48.4 Å². The molecule has 0 radical (unpaired) electrons. The zero-order chi connectivity index (χ0) is 14.8. The van der Waals surface area contributed by atoms with Crippen molar-refractivity contribution < 1.29 is 9.15 Å². The summed E-state index contributed by atoms with van der Waals surface area (Å²) in [7, 11) is 0. The van der Waals surface area contributed by atoms with Gasteiger partial charge in [-0.05, 0) is 30.0 Å². The van der Waals surface area contributed by atoms with Crippen LogP contribution >= 0.6 is 0 Å². The van der Waals surface area contributed by atoms with Crippen LogP contribution in [0.15, 0.2) is 34.9 Å². The molecule has 108 valence electrons. The lowest BCUT2D eigenvalue weighted by Gasteiger charge is -2.23. The van der Waals surface area contributed by atoms with Gasteiger partial charge in [-0.15, -0.1) is 0 Å². The summed E-state index contributed by atoms with van der Waals surface area (Å²) >= 11 is 0. The monoisotopic (exact) mass is 273 g/mol. The molecule has 0 aliphatic carbocycles. The smallest absolute Gasteiger partial charge is 0.146 e. The molecule has 20 heavy (non-hydrogen) atoms. The molecule has 3 heteroatoms. The van der Waals surface area contributed by atoms with E-state index in [4.69, 9.17) is 14.9 Å². The van der Waals surface area contributed by atoms with Gasteiger partial charge < -0.3 is 14.9 Å². The van der Waals surface area contributed by atoms with Crippen LogP contribution < -0.4 is 10.5 Å². The molecule has 0 aliphatic rings. The van der Waals surface area contributed by atoms with Crippen molar-refractivity contribution in [2.75, 3.05) is 0 Å². The Morgan fingerprint density at radius 3 is 2.55 bits per heavy atom. The first-order valence-corrected chi connectivity index (χ1v) is 6.90. The van der Waals surface area contributed by atoms with Crippen LogP contribution in [0, 0.1) is 6.92 Å². The molecule has 0 unspecified atom stereocenters. The van der Waals surface area contributed by atoms with Gasteiger partial charge in [-0.25, -0.2) is 0 Å². The Kier molecular flexibility index (Phi) is 4.19. The number of nitrogens with two attached hydrogens (primary N) is 1.